The molecule has 2 heteroatoms. The molecule has 0 amide bonds. The fourth-order valence-corrected chi connectivity index (χ4v) is 6.20. The van der Waals surface area contributed by atoms with Gasteiger partial charge in [-0.25, -0.2) is 0 Å². The third kappa shape index (κ3) is 5.68. The van der Waals surface area contributed by atoms with Gasteiger partial charge in [0, 0.05) is 0 Å². The van der Waals surface area contributed by atoms with Crippen LogP contribution < -0.4 is 0 Å². The third-order valence-electron chi connectivity index (χ3n) is 8.63. The zero-order valence-electron chi connectivity index (χ0n) is 20.6. The Morgan fingerprint density at radius 1 is 0.806 bits per heavy atom. The fourth-order valence-electron chi connectivity index (χ4n) is 6.20. The zero-order valence-corrected chi connectivity index (χ0v) is 20.6. The van der Waals surface area contributed by atoms with Crippen molar-refractivity contribution in [1.29, 1.82) is 0 Å². The molecule has 0 saturated heterocycles. The summed E-state index contributed by atoms with van der Waals surface area (Å²) in [7, 11) is 0. The summed E-state index contributed by atoms with van der Waals surface area (Å²) in [4.78, 5) is 0. The summed E-state index contributed by atoms with van der Waals surface area (Å²) in [5, 5.41) is 0. The van der Waals surface area contributed by atoms with Crippen LogP contribution in [0.1, 0.15) is 111 Å². The lowest BCUT2D eigenvalue weighted by molar-refractivity contribution is 0.321. The van der Waals surface area contributed by atoms with Crippen LogP contribution in [0.5, 0.6) is 0 Å². The normalized spacial score (nSPS) is 27.3. The summed E-state index contributed by atoms with van der Waals surface area (Å²) in [5.74, 6) is 2.63. The Bertz CT molecular complexity index is 796. The lowest BCUT2D eigenvalue weighted by Gasteiger charge is -2.32. The smallest absolute Gasteiger partial charge is 0.174 e. The van der Waals surface area contributed by atoms with Crippen LogP contribution in [0.25, 0.3) is 6.08 Å². The highest BCUT2D eigenvalue weighted by atomic mass is 19.3. The minimum atomic E-state index is -1.53. The van der Waals surface area contributed by atoms with E-state index >= 15 is 0 Å². The molecule has 0 unspecified atom stereocenters. The summed E-state index contributed by atoms with van der Waals surface area (Å²) >= 11 is 0. The number of rotatable bonds is 5. The standard InChI is InChI=1S/C29H42F2/c1-18-7-12-25(13-8-18)19(2)17-27-20(3)22(5)29(23(6)21(27)4)26-14-9-24(10-15-26)11-16-28(30)31/h16-18,24-26H,7-15H2,1-6H3. The second kappa shape index (κ2) is 10.5. The van der Waals surface area contributed by atoms with Crippen molar-refractivity contribution in [3.8, 4) is 0 Å². The van der Waals surface area contributed by atoms with Gasteiger partial charge in [0.25, 0.3) is 6.08 Å². The van der Waals surface area contributed by atoms with E-state index in [-0.39, 0.29) is 0 Å². The van der Waals surface area contributed by atoms with Crippen LogP contribution in [0, 0.1) is 45.4 Å². The van der Waals surface area contributed by atoms with Gasteiger partial charge in [-0.1, -0.05) is 31.4 Å². The molecule has 0 radical (unpaired) electrons. The third-order valence-corrected chi connectivity index (χ3v) is 8.63. The summed E-state index contributed by atoms with van der Waals surface area (Å²) in [5.41, 5.74) is 10.3. The molecule has 2 fully saturated rings. The Morgan fingerprint density at radius 3 is 1.87 bits per heavy atom. The van der Waals surface area contributed by atoms with Crippen molar-refractivity contribution in [1.82, 2.24) is 0 Å². The van der Waals surface area contributed by atoms with Crippen molar-refractivity contribution in [2.75, 3.05) is 0 Å². The van der Waals surface area contributed by atoms with Crippen molar-refractivity contribution < 1.29 is 8.78 Å². The molecule has 1 aromatic carbocycles. The summed E-state index contributed by atoms with van der Waals surface area (Å²) < 4.78 is 24.9. The van der Waals surface area contributed by atoms with E-state index in [0.29, 0.717) is 18.3 Å². The van der Waals surface area contributed by atoms with Crippen LogP contribution >= 0.6 is 0 Å². The molecule has 172 valence electrons. The van der Waals surface area contributed by atoms with Gasteiger partial charge in [0.15, 0.2) is 0 Å². The van der Waals surface area contributed by atoms with E-state index in [2.05, 4.69) is 47.6 Å². The van der Waals surface area contributed by atoms with Crippen LogP contribution in [-0.4, -0.2) is 0 Å². The average Bonchev–Trinajstić information content (AvgIpc) is 2.75. The largest absolute Gasteiger partial charge is 0.266 e. The van der Waals surface area contributed by atoms with Gasteiger partial charge >= 0.3 is 0 Å². The Morgan fingerprint density at radius 2 is 1.35 bits per heavy atom. The molecular formula is C29H42F2. The highest BCUT2D eigenvalue weighted by molar-refractivity contribution is 5.66. The molecule has 1 aromatic rings. The van der Waals surface area contributed by atoms with E-state index in [1.54, 1.807) is 11.1 Å². The Balaban J connectivity index is 1.81. The van der Waals surface area contributed by atoms with Crippen molar-refractivity contribution in [2.24, 2.45) is 17.8 Å². The van der Waals surface area contributed by atoms with Gasteiger partial charge in [0.1, 0.15) is 0 Å². The van der Waals surface area contributed by atoms with Crippen molar-refractivity contribution in [3.63, 3.8) is 0 Å². The molecule has 0 atom stereocenters. The van der Waals surface area contributed by atoms with Gasteiger partial charge in [-0.3, -0.25) is 0 Å². The van der Waals surface area contributed by atoms with E-state index in [1.807, 2.05) is 0 Å². The molecular weight excluding hydrogens is 386 g/mol. The topological polar surface area (TPSA) is 0 Å². The number of hydrogen-bond acceptors (Lipinski definition) is 0. The maximum atomic E-state index is 12.4. The number of hydrogen-bond donors (Lipinski definition) is 0. The number of allylic oxidation sites excluding steroid dienone is 2. The first kappa shape index (κ1) is 24.2. The predicted molar refractivity (Wildman–Crippen MR) is 130 cm³/mol. The lowest BCUT2D eigenvalue weighted by Crippen LogP contribution is -2.16. The Labute approximate surface area is 189 Å². The lowest BCUT2D eigenvalue weighted by atomic mass is 9.73. The molecule has 0 aromatic heterocycles. The predicted octanol–water partition coefficient (Wildman–Crippen LogP) is 9.59. The van der Waals surface area contributed by atoms with E-state index in [1.165, 1.54) is 53.5 Å². The number of benzene rings is 1. The van der Waals surface area contributed by atoms with Crippen LogP contribution in [0.2, 0.25) is 0 Å². The van der Waals surface area contributed by atoms with E-state index < -0.39 is 6.08 Å². The Hall–Kier alpha value is -1.44. The number of halogens is 2. The van der Waals surface area contributed by atoms with Crippen molar-refractivity contribution in [2.45, 2.75) is 105 Å². The van der Waals surface area contributed by atoms with Crippen LogP contribution in [0.15, 0.2) is 17.7 Å². The van der Waals surface area contributed by atoms with E-state index in [9.17, 15) is 8.78 Å². The van der Waals surface area contributed by atoms with Crippen LogP contribution in [-0.2, 0) is 0 Å². The van der Waals surface area contributed by atoms with E-state index in [0.717, 1.165) is 43.6 Å². The summed E-state index contributed by atoms with van der Waals surface area (Å²) in [6, 6.07) is 0. The fraction of sp³-hybridized carbons (Fsp3) is 0.655. The zero-order chi connectivity index (χ0) is 22.7. The van der Waals surface area contributed by atoms with Crippen molar-refractivity contribution in [3.05, 3.63) is 51.1 Å². The Kier molecular flexibility index (Phi) is 8.16. The average molecular weight is 429 g/mol. The molecule has 3 rings (SSSR count). The molecule has 0 N–H and O–H groups in total. The van der Waals surface area contributed by atoms with Gasteiger partial charge < -0.3 is 0 Å². The first-order valence-electron chi connectivity index (χ1n) is 12.5. The first-order chi connectivity index (χ1) is 14.7. The van der Waals surface area contributed by atoms with Gasteiger partial charge in [0.05, 0.1) is 0 Å². The molecule has 0 heterocycles. The molecule has 31 heavy (non-hydrogen) atoms. The molecule has 0 spiro atoms. The molecule has 2 aliphatic rings. The first-order valence-corrected chi connectivity index (χ1v) is 12.5. The highest BCUT2D eigenvalue weighted by Crippen LogP contribution is 2.43. The second-order valence-corrected chi connectivity index (χ2v) is 10.6. The minimum Gasteiger partial charge on any atom is -0.174 e. The van der Waals surface area contributed by atoms with Gasteiger partial charge in [-0.15, -0.1) is 0 Å². The highest BCUT2D eigenvalue weighted by Gasteiger charge is 2.27. The van der Waals surface area contributed by atoms with Gasteiger partial charge in [-0.2, -0.15) is 8.78 Å². The van der Waals surface area contributed by atoms with Crippen LogP contribution in [0.4, 0.5) is 8.78 Å². The molecule has 0 bridgehead atoms. The summed E-state index contributed by atoms with van der Waals surface area (Å²) in [6.45, 7) is 13.9. The molecule has 0 nitrogen and oxygen atoms in total. The summed E-state index contributed by atoms with van der Waals surface area (Å²) in [6.07, 6.45) is 12.4. The maximum absolute atomic E-state index is 12.4. The maximum Gasteiger partial charge on any atom is 0.266 e. The van der Waals surface area contributed by atoms with Gasteiger partial charge in [0.2, 0.25) is 0 Å². The second-order valence-electron chi connectivity index (χ2n) is 10.6. The quantitative estimate of drug-likeness (QED) is 0.438. The monoisotopic (exact) mass is 428 g/mol. The minimum absolute atomic E-state index is 0.420. The van der Waals surface area contributed by atoms with Crippen molar-refractivity contribution >= 4 is 6.08 Å². The van der Waals surface area contributed by atoms with Crippen LogP contribution in [0.3, 0.4) is 0 Å². The SMILES string of the molecule is CC(=Cc1c(C)c(C)c(C2CCC(CC=C(F)F)CC2)c(C)c1C)C1CCC(C)CC1. The molecule has 2 aliphatic carbocycles. The van der Waals surface area contributed by atoms with Gasteiger partial charge in [-0.05, 0) is 143 Å². The molecule has 2 saturated carbocycles. The van der Waals surface area contributed by atoms with E-state index in [4.69, 9.17) is 0 Å². The molecule has 0 aliphatic heterocycles.